The molecule has 1 fully saturated rings. The number of amides is 1. The van der Waals surface area contributed by atoms with Gasteiger partial charge in [0, 0.05) is 11.9 Å². The molecule has 1 aromatic heterocycles. The Balaban J connectivity index is 1.70. The number of halogens is 2. The highest BCUT2D eigenvalue weighted by Gasteiger charge is 2.35. The summed E-state index contributed by atoms with van der Waals surface area (Å²) in [6.07, 6.45) is 3.71. The minimum absolute atomic E-state index is 0.00770. The summed E-state index contributed by atoms with van der Waals surface area (Å²) >= 11 is 0. The maximum atomic E-state index is 13.2. The molecule has 2 aromatic rings. The van der Waals surface area contributed by atoms with Crippen molar-refractivity contribution in [3.05, 3.63) is 59.2 Å². The van der Waals surface area contributed by atoms with Crippen molar-refractivity contribution >= 4 is 5.91 Å². The number of hydrogen-bond acceptors (Lipinski definition) is 3. The highest BCUT2D eigenvalue weighted by Crippen LogP contribution is 2.39. The van der Waals surface area contributed by atoms with Gasteiger partial charge in [-0.3, -0.25) is 4.79 Å². The Hall–Kier alpha value is -2.37. The van der Waals surface area contributed by atoms with E-state index in [0.29, 0.717) is 17.3 Å². The van der Waals surface area contributed by atoms with E-state index in [0.717, 1.165) is 30.7 Å². The molecular formula is C17H17F2N3O. The number of aryl methyl sites for hydroxylation is 1. The normalized spacial score (nSPS) is 15.3. The van der Waals surface area contributed by atoms with Gasteiger partial charge < -0.3 is 5.32 Å². The maximum absolute atomic E-state index is 13.2. The smallest absolute Gasteiger partial charge is 0.225 e. The van der Waals surface area contributed by atoms with E-state index in [4.69, 9.17) is 0 Å². The molecule has 1 heterocycles. The molecule has 1 saturated carbocycles. The quantitative estimate of drug-likeness (QED) is 0.922. The van der Waals surface area contributed by atoms with Gasteiger partial charge in [0.25, 0.3) is 0 Å². The number of carbonyl (C=O) groups excluding carboxylic acids is 1. The lowest BCUT2D eigenvalue weighted by Gasteiger charge is -2.17. The van der Waals surface area contributed by atoms with Crippen LogP contribution in [0.25, 0.3) is 0 Å². The molecule has 23 heavy (non-hydrogen) atoms. The summed E-state index contributed by atoms with van der Waals surface area (Å²) in [5.74, 6) is -1.18. The van der Waals surface area contributed by atoms with Crippen LogP contribution in [0.15, 0.2) is 30.5 Å². The number of rotatable bonds is 5. The minimum Gasteiger partial charge on any atom is -0.346 e. The Kier molecular flexibility index (Phi) is 4.32. The topological polar surface area (TPSA) is 54.9 Å². The van der Waals surface area contributed by atoms with Gasteiger partial charge in [-0.05, 0) is 49.4 Å². The van der Waals surface area contributed by atoms with Crippen LogP contribution in [0, 0.1) is 24.5 Å². The largest absolute Gasteiger partial charge is 0.346 e. The number of nitrogens with one attached hydrogen (secondary N) is 1. The van der Waals surface area contributed by atoms with Crippen LogP contribution in [0.1, 0.15) is 36.0 Å². The van der Waals surface area contributed by atoms with E-state index in [1.165, 1.54) is 6.07 Å². The van der Waals surface area contributed by atoms with Gasteiger partial charge in [-0.2, -0.15) is 0 Å². The zero-order chi connectivity index (χ0) is 16.4. The molecule has 1 aliphatic rings. The highest BCUT2D eigenvalue weighted by molar-refractivity contribution is 5.79. The van der Waals surface area contributed by atoms with Gasteiger partial charge in [0.05, 0.1) is 12.5 Å². The molecule has 0 radical (unpaired) electrons. The van der Waals surface area contributed by atoms with Crippen LogP contribution < -0.4 is 5.32 Å². The summed E-state index contributed by atoms with van der Waals surface area (Å²) in [5, 5.41) is 2.92. The molecule has 0 unspecified atom stereocenters. The molecule has 0 saturated heterocycles. The predicted octanol–water partition coefficient (Wildman–Crippen LogP) is 2.87. The van der Waals surface area contributed by atoms with Gasteiger partial charge in [0.15, 0.2) is 17.5 Å². The Morgan fingerprint density at radius 3 is 2.74 bits per heavy atom. The van der Waals surface area contributed by atoms with Crippen LogP contribution >= 0.6 is 0 Å². The van der Waals surface area contributed by atoms with Crippen LogP contribution in [0.2, 0.25) is 0 Å². The second-order valence-electron chi connectivity index (χ2n) is 5.86. The second-order valence-corrected chi connectivity index (χ2v) is 5.86. The third kappa shape index (κ3) is 3.88. The van der Waals surface area contributed by atoms with Crippen LogP contribution in [-0.2, 0) is 11.2 Å². The monoisotopic (exact) mass is 317 g/mol. The van der Waals surface area contributed by atoms with Gasteiger partial charge in [0.1, 0.15) is 0 Å². The van der Waals surface area contributed by atoms with Crippen molar-refractivity contribution < 1.29 is 13.6 Å². The summed E-state index contributed by atoms with van der Waals surface area (Å²) in [4.78, 5) is 20.9. The number of nitrogens with zero attached hydrogens (tertiary/aromatic N) is 2. The lowest BCUT2D eigenvalue weighted by atomic mass is 10.1. The molecule has 1 atom stereocenters. The fourth-order valence-electron chi connectivity index (χ4n) is 2.50. The highest BCUT2D eigenvalue weighted by atomic mass is 19.2. The first-order valence-electron chi connectivity index (χ1n) is 7.56. The molecular weight excluding hydrogens is 300 g/mol. The average molecular weight is 317 g/mol. The molecule has 1 aliphatic carbocycles. The Labute approximate surface area is 133 Å². The summed E-state index contributed by atoms with van der Waals surface area (Å²) in [6.45, 7) is 1.87. The molecule has 1 N–H and O–H groups in total. The Morgan fingerprint density at radius 2 is 2.09 bits per heavy atom. The fraction of sp³-hybridized carbons (Fsp3) is 0.353. The van der Waals surface area contributed by atoms with Crippen molar-refractivity contribution in [2.75, 3.05) is 0 Å². The molecule has 1 aromatic carbocycles. The van der Waals surface area contributed by atoms with E-state index in [1.54, 1.807) is 12.3 Å². The van der Waals surface area contributed by atoms with E-state index >= 15 is 0 Å². The van der Waals surface area contributed by atoms with E-state index < -0.39 is 11.6 Å². The summed E-state index contributed by atoms with van der Waals surface area (Å²) in [5.41, 5.74) is 1.27. The third-order valence-corrected chi connectivity index (χ3v) is 3.85. The number of carbonyl (C=O) groups is 1. The van der Waals surface area contributed by atoms with Crippen molar-refractivity contribution in [3.8, 4) is 0 Å². The second kappa shape index (κ2) is 6.40. The number of aromatic nitrogens is 2. The zero-order valence-electron chi connectivity index (χ0n) is 12.7. The molecule has 0 bridgehead atoms. The molecule has 6 heteroatoms. The molecule has 4 nitrogen and oxygen atoms in total. The average Bonchev–Trinajstić information content (AvgIpc) is 3.33. The molecule has 1 amide bonds. The van der Waals surface area contributed by atoms with E-state index in [9.17, 15) is 13.6 Å². The van der Waals surface area contributed by atoms with Crippen molar-refractivity contribution in [2.45, 2.75) is 32.2 Å². The van der Waals surface area contributed by atoms with Crippen molar-refractivity contribution in [1.82, 2.24) is 15.3 Å². The van der Waals surface area contributed by atoms with Crippen LogP contribution in [0.3, 0.4) is 0 Å². The molecule has 0 aliphatic heterocycles. The number of benzene rings is 1. The Bertz CT molecular complexity index is 732. The standard InChI is InChI=1S/C17H17F2N3O/c1-10-6-7-20-17(21-10)16(12-3-4-12)22-15(23)9-11-2-5-13(18)14(19)8-11/h2,5-8,12,16H,3-4,9H2,1H3,(H,22,23)/t16-/m1/s1. The van der Waals surface area contributed by atoms with Crippen molar-refractivity contribution in [2.24, 2.45) is 5.92 Å². The van der Waals surface area contributed by atoms with E-state index in [1.807, 2.05) is 6.92 Å². The summed E-state index contributed by atoms with van der Waals surface area (Å²) < 4.78 is 26.1. The predicted molar refractivity (Wildman–Crippen MR) is 80.4 cm³/mol. The van der Waals surface area contributed by atoms with Gasteiger partial charge in [-0.25, -0.2) is 18.7 Å². The maximum Gasteiger partial charge on any atom is 0.225 e. The first kappa shape index (κ1) is 15.5. The Morgan fingerprint density at radius 1 is 1.30 bits per heavy atom. The third-order valence-electron chi connectivity index (χ3n) is 3.85. The van der Waals surface area contributed by atoms with E-state index in [2.05, 4.69) is 15.3 Å². The zero-order valence-corrected chi connectivity index (χ0v) is 12.7. The molecule has 0 spiro atoms. The van der Waals surface area contributed by atoms with Crippen LogP contribution in [-0.4, -0.2) is 15.9 Å². The first-order valence-corrected chi connectivity index (χ1v) is 7.56. The van der Waals surface area contributed by atoms with Gasteiger partial charge in [-0.1, -0.05) is 6.07 Å². The summed E-state index contributed by atoms with van der Waals surface area (Å²) in [7, 11) is 0. The summed E-state index contributed by atoms with van der Waals surface area (Å²) in [6, 6.07) is 5.06. The lowest BCUT2D eigenvalue weighted by molar-refractivity contribution is -0.121. The van der Waals surface area contributed by atoms with E-state index in [-0.39, 0.29) is 18.4 Å². The molecule has 120 valence electrons. The van der Waals surface area contributed by atoms with Crippen molar-refractivity contribution in [1.29, 1.82) is 0 Å². The van der Waals surface area contributed by atoms with Gasteiger partial charge in [0.2, 0.25) is 5.91 Å². The van der Waals surface area contributed by atoms with Gasteiger partial charge >= 0.3 is 0 Å². The SMILES string of the molecule is Cc1ccnc([C@H](NC(=O)Cc2ccc(F)c(F)c2)C2CC2)n1. The van der Waals surface area contributed by atoms with Crippen LogP contribution in [0.4, 0.5) is 8.78 Å². The molecule has 3 rings (SSSR count). The van der Waals surface area contributed by atoms with Crippen molar-refractivity contribution in [3.63, 3.8) is 0 Å². The fourth-order valence-corrected chi connectivity index (χ4v) is 2.50. The van der Waals surface area contributed by atoms with Crippen LogP contribution in [0.5, 0.6) is 0 Å². The lowest BCUT2D eigenvalue weighted by Crippen LogP contribution is -2.32. The minimum atomic E-state index is -0.948. The van der Waals surface area contributed by atoms with Gasteiger partial charge in [-0.15, -0.1) is 0 Å². The first-order chi connectivity index (χ1) is 11.0. The number of hydrogen-bond donors (Lipinski definition) is 1.